The number of ether oxygens (including phenoxy) is 2. The molecule has 0 amide bonds. The van der Waals surface area contributed by atoms with E-state index < -0.39 is 0 Å². The lowest BCUT2D eigenvalue weighted by Crippen LogP contribution is -2.29. The van der Waals surface area contributed by atoms with Crippen LogP contribution in [0.25, 0.3) is 0 Å². The van der Waals surface area contributed by atoms with E-state index in [0.717, 1.165) is 25.1 Å². The summed E-state index contributed by atoms with van der Waals surface area (Å²) < 4.78 is 10.9. The monoisotopic (exact) mass is 337 g/mol. The zero-order chi connectivity index (χ0) is 17.4. The molecule has 1 fully saturated rings. The first-order chi connectivity index (χ1) is 12.2. The van der Waals surface area contributed by atoms with E-state index in [4.69, 9.17) is 9.47 Å². The first-order valence-corrected chi connectivity index (χ1v) is 8.90. The van der Waals surface area contributed by atoms with Crippen molar-refractivity contribution in [2.75, 3.05) is 19.0 Å². The molecule has 0 spiro atoms. The number of rotatable bonds is 3. The summed E-state index contributed by atoms with van der Waals surface area (Å²) in [7, 11) is 1.40. The third kappa shape index (κ3) is 2.81. The van der Waals surface area contributed by atoms with Gasteiger partial charge in [0.25, 0.3) is 0 Å². The van der Waals surface area contributed by atoms with E-state index in [2.05, 4.69) is 30.4 Å². The van der Waals surface area contributed by atoms with Gasteiger partial charge >= 0.3 is 5.97 Å². The summed E-state index contributed by atoms with van der Waals surface area (Å²) in [5.74, 6) is 0.103. The predicted octanol–water partition coefficient (Wildman–Crippen LogP) is 4.28. The molecule has 2 aromatic rings. The Kier molecular flexibility index (Phi) is 4.22. The van der Waals surface area contributed by atoms with E-state index in [9.17, 15) is 4.79 Å². The van der Waals surface area contributed by atoms with Gasteiger partial charge in [-0.05, 0) is 42.2 Å². The van der Waals surface area contributed by atoms with Crippen LogP contribution >= 0.6 is 0 Å². The Balaban J connectivity index is 1.67. The highest BCUT2D eigenvalue weighted by Crippen LogP contribution is 2.50. The SMILES string of the molecule is CCc1ccc2c(c1)[C@H]1OCC[C@H]1[C@H](c1ccc(C(=O)OC)cc1)N2. The lowest BCUT2D eigenvalue weighted by molar-refractivity contribution is 0.0600. The number of benzene rings is 2. The molecule has 0 aliphatic carbocycles. The van der Waals surface area contributed by atoms with Gasteiger partial charge < -0.3 is 14.8 Å². The fourth-order valence-corrected chi connectivity index (χ4v) is 4.02. The maximum atomic E-state index is 11.6. The van der Waals surface area contributed by atoms with Gasteiger partial charge in [-0.3, -0.25) is 0 Å². The van der Waals surface area contributed by atoms with E-state index in [-0.39, 0.29) is 18.1 Å². The number of nitrogens with one attached hydrogen (secondary N) is 1. The summed E-state index contributed by atoms with van der Waals surface area (Å²) >= 11 is 0. The van der Waals surface area contributed by atoms with Crippen molar-refractivity contribution >= 4 is 11.7 Å². The molecule has 4 heteroatoms. The molecular weight excluding hydrogens is 314 g/mol. The molecule has 25 heavy (non-hydrogen) atoms. The van der Waals surface area contributed by atoms with Gasteiger partial charge in [0.1, 0.15) is 0 Å². The Hall–Kier alpha value is -2.33. The Morgan fingerprint density at radius 1 is 1.24 bits per heavy atom. The second kappa shape index (κ2) is 6.52. The molecule has 0 bridgehead atoms. The first-order valence-electron chi connectivity index (χ1n) is 8.90. The molecule has 0 aromatic heterocycles. The molecule has 3 atom stereocenters. The number of methoxy groups -OCH3 is 1. The molecule has 1 saturated heterocycles. The van der Waals surface area contributed by atoms with Crippen LogP contribution in [0.5, 0.6) is 0 Å². The highest BCUT2D eigenvalue weighted by atomic mass is 16.5. The number of anilines is 1. The third-order valence-corrected chi connectivity index (χ3v) is 5.40. The first kappa shape index (κ1) is 16.2. The number of carbonyl (C=O) groups is 1. The van der Waals surface area contributed by atoms with Gasteiger partial charge in [-0.1, -0.05) is 31.2 Å². The summed E-state index contributed by atoms with van der Waals surface area (Å²) in [6.07, 6.45) is 2.22. The third-order valence-electron chi connectivity index (χ3n) is 5.40. The molecule has 4 nitrogen and oxygen atoms in total. The van der Waals surface area contributed by atoms with Gasteiger partial charge in [-0.25, -0.2) is 4.79 Å². The molecule has 2 aliphatic heterocycles. The average Bonchev–Trinajstić information content (AvgIpc) is 3.16. The molecule has 0 saturated carbocycles. The standard InChI is InChI=1S/C21H23NO3/c1-3-13-4-9-18-17(12-13)20-16(10-11-25-20)19(22-18)14-5-7-15(8-6-14)21(23)24-2/h4-9,12,16,19-20,22H,3,10-11H2,1-2H3/t16-,19-,20-/m0/s1. The fraction of sp³-hybridized carbons (Fsp3) is 0.381. The quantitative estimate of drug-likeness (QED) is 0.849. The molecule has 2 heterocycles. The van der Waals surface area contributed by atoms with Crippen LogP contribution < -0.4 is 5.32 Å². The summed E-state index contributed by atoms with van der Waals surface area (Å²) in [6.45, 7) is 2.97. The van der Waals surface area contributed by atoms with Gasteiger partial charge in [-0.2, -0.15) is 0 Å². The lowest BCUT2D eigenvalue weighted by atomic mass is 9.80. The van der Waals surface area contributed by atoms with Crippen LogP contribution in [0.3, 0.4) is 0 Å². The Labute approximate surface area is 148 Å². The minimum absolute atomic E-state index is 0.146. The molecule has 1 N–H and O–H groups in total. The zero-order valence-corrected chi connectivity index (χ0v) is 14.6. The van der Waals surface area contributed by atoms with E-state index in [1.54, 1.807) is 0 Å². The lowest BCUT2D eigenvalue weighted by Gasteiger charge is -2.36. The van der Waals surface area contributed by atoms with Crippen molar-refractivity contribution in [2.45, 2.75) is 31.9 Å². The number of carbonyl (C=O) groups excluding carboxylic acids is 1. The molecule has 0 unspecified atom stereocenters. The van der Waals surface area contributed by atoms with E-state index in [1.807, 2.05) is 24.3 Å². The smallest absolute Gasteiger partial charge is 0.337 e. The van der Waals surface area contributed by atoms with Gasteiger partial charge in [0.2, 0.25) is 0 Å². The highest BCUT2D eigenvalue weighted by molar-refractivity contribution is 5.89. The van der Waals surface area contributed by atoms with E-state index in [0.29, 0.717) is 11.5 Å². The largest absolute Gasteiger partial charge is 0.465 e. The van der Waals surface area contributed by atoms with Crippen molar-refractivity contribution in [1.82, 2.24) is 0 Å². The van der Waals surface area contributed by atoms with Crippen LogP contribution in [-0.2, 0) is 15.9 Å². The number of hydrogen-bond acceptors (Lipinski definition) is 4. The van der Waals surface area contributed by atoms with Crippen LogP contribution in [0.2, 0.25) is 0 Å². The van der Waals surface area contributed by atoms with Gasteiger partial charge in [-0.15, -0.1) is 0 Å². The van der Waals surface area contributed by atoms with Crippen molar-refractivity contribution in [1.29, 1.82) is 0 Å². The van der Waals surface area contributed by atoms with Crippen molar-refractivity contribution in [3.63, 3.8) is 0 Å². The number of esters is 1. The molecule has 2 aromatic carbocycles. The van der Waals surface area contributed by atoms with Gasteiger partial charge in [0, 0.05) is 23.8 Å². The Bertz CT molecular complexity index is 784. The summed E-state index contributed by atoms with van der Waals surface area (Å²) in [5, 5.41) is 3.70. The Morgan fingerprint density at radius 3 is 2.76 bits per heavy atom. The summed E-state index contributed by atoms with van der Waals surface area (Å²) in [6, 6.07) is 14.5. The van der Waals surface area contributed by atoms with Crippen molar-refractivity contribution in [3.8, 4) is 0 Å². The zero-order valence-electron chi connectivity index (χ0n) is 14.6. The fourth-order valence-electron chi connectivity index (χ4n) is 4.02. The highest BCUT2D eigenvalue weighted by Gasteiger charge is 2.41. The van der Waals surface area contributed by atoms with Crippen molar-refractivity contribution in [3.05, 3.63) is 64.7 Å². The normalized spacial score (nSPS) is 24.2. The topological polar surface area (TPSA) is 47.6 Å². The maximum Gasteiger partial charge on any atom is 0.337 e. The van der Waals surface area contributed by atoms with Crippen LogP contribution in [0, 0.1) is 5.92 Å². The van der Waals surface area contributed by atoms with Gasteiger partial charge in [0.15, 0.2) is 0 Å². The average molecular weight is 337 g/mol. The number of hydrogen-bond donors (Lipinski definition) is 1. The Morgan fingerprint density at radius 2 is 2.04 bits per heavy atom. The minimum Gasteiger partial charge on any atom is -0.465 e. The van der Waals surface area contributed by atoms with Crippen LogP contribution in [0.15, 0.2) is 42.5 Å². The second-order valence-corrected chi connectivity index (χ2v) is 6.75. The van der Waals surface area contributed by atoms with Crippen LogP contribution in [0.1, 0.15) is 52.5 Å². The van der Waals surface area contributed by atoms with E-state index >= 15 is 0 Å². The molecule has 130 valence electrons. The molecular formula is C21H23NO3. The van der Waals surface area contributed by atoms with Crippen LogP contribution in [-0.4, -0.2) is 19.7 Å². The van der Waals surface area contributed by atoms with Gasteiger partial charge in [0.05, 0.1) is 24.8 Å². The minimum atomic E-state index is -0.303. The molecule has 0 radical (unpaired) electrons. The van der Waals surface area contributed by atoms with Crippen molar-refractivity contribution in [2.24, 2.45) is 5.92 Å². The molecule has 2 aliphatic rings. The summed E-state index contributed by atoms with van der Waals surface area (Å²) in [4.78, 5) is 11.6. The number of aryl methyl sites for hydroxylation is 1. The van der Waals surface area contributed by atoms with E-state index in [1.165, 1.54) is 23.8 Å². The second-order valence-electron chi connectivity index (χ2n) is 6.75. The molecule has 4 rings (SSSR count). The summed E-state index contributed by atoms with van der Waals surface area (Å²) in [5.41, 5.74) is 5.54. The maximum absolute atomic E-state index is 11.6. The van der Waals surface area contributed by atoms with Crippen molar-refractivity contribution < 1.29 is 14.3 Å². The number of fused-ring (bicyclic) bond motifs is 3. The van der Waals surface area contributed by atoms with Crippen LogP contribution in [0.4, 0.5) is 5.69 Å². The predicted molar refractivity (Wildman–Crippen MR) is 96.8 cm³/mol.